The molecule has 1 saturated heterocycles. The molecule has 0 bridgehead atoms. The van der Waals surface area contributed by atoms with Gasteiger partial charge < -0.3 is 15.5 Å². The maximum absolute atomic E-state index is 12.5. The quantitative estimate of drug-likeness (QED) is 0.740. The van der Waals surface area contributed by atoms with E-state index < -0.39 is 0 Å². The molecule has 3 amide bonds. The second-order valence-corrected chi connectivity index (χ2v) is 6.87. The summed E-state index contributed by atoms with van der Waals surface area (Å²) in [5.41, 5.74) is 2.77. The Hall–Kier alpha value is -3.34. The first-order valence-corrected chi connectivity index (χ1v) is 9.02. The minimum Gasteiger partial charge on any atom is -0.333 e. The van der Waals surface area contributed by atoms with Crippen LogP contribution < -0.4 is 15.5 Å². The van der Waals surface area contributed by atoms with Crippen LogP contribution in [0.25, 0.3) is 10.8 Å². The van der Waals surface area contributed by atoms with Crippen LogP contribution in [-0.2, 0) is 4.79 Å². The third-order valence-electron chi connectivity index (χ3n) is 4.84. The largest absolute Gasteiger partial charge is 0.333 e. The van der Waals surface area contributed by atoms with E-state index in [2.05, 4.69) is 10.6 Å². The summed E-state index contributed by atoms with van der Waals surface area (Å²) in [6.45, 7) is 2.49. The van der Waals surface area contributed by atoms with Gasteiger partial charge in [-0.1, -0.05) is 54.1 Å². The summed E-state index contributed by atoms with van der Waals surface area (Å²) in [5, 5.41) is 7.88. The number of rotatable bonds is 3. The standard InChI is InChI=1S/C22H21N3O2/c1-15-9-11-18(12-10-15)25-14-17(13-21(25)26)23-22(27)24-20-8-4-6-16-5-2-3-7-19(16)20/h2-12,17H,13-14H2,1H3,(H2,23,24,27). The molecule has 1 aliphatic rings. The second kappa shape index (κ2) is 7.11. The first-order valence-electron chi connectivity index (χ1n) is 9.02. The zero-order chi connectivity index (χ0) is 18.8. The van der Waals surface area contributed by atoms with Crippen molar-refractivity contribution in [3.8, 4) is 0 Å². The fourth-order valence-corrected chi connectivity index (χ4v) is 3.46. The molecule has 1 unspecified atom stereocenters. The number of nitrogens with one attached hydrogen (secondary N) is 2. The van der Waals surface area contributed by atoms with Crippen molar-refractivity contribution < 1.29 is 9.59 Å². The van der Waals surface area contributed by atoms with Gasteiger partial charge in [0.1, 0.15) is 0 Å². The fraction of sp³-hybridized carbons (Fsp3) is 0.182. The summed E-state index contributed by atoms with van der Waals surface area (Å²) in [7, 11) is 0. The highest BCUT2D eigenvalue weighted by Crippen LogP contribution is 2.24. The summed E-state index contributed by atoms with van der Waals surface area (Å²) in [6.07, 6.45) is 0.302. The van der Waals surface area contributed by atoms with Gasteiger partial charge in [-0.25, -0.2) is 4.79 Å². The first-order chi connectivity index (χ1) is 13.1. The topological polar surface area (TPSA) is 61.4 Å². The van der Waals surface area contributed by atoms with E-state index in [9.17, 15) is 9.59 Å². The molecule has 0 saturated carbocycles. The first kappa shape index (κ1) is 17.1. The van der Waals surface area contributed by atoms with E-state index in [1.165, 1.54) is 0 Å². The van der Waals surface area contributed by atoms with Crippen molar-refractivity contribution in [1.29, 1.82) is 0 Å². The number of carbonyl (C=O) groups excluding carboxylic acids is 2. The van der Waals surface area contributed by atoms with Crippen LogP contribution in [-0.4, -0.2) is 24.5 Å². The van der Waals surface area contributed by atoms with Gasteiger partial charge in [0.15, 0.2) is 0 Å². The second-order valence-electron chi connectivity index (χ2n) is 6.87. The average Bonchev–Trinajstić information content (AvgIpc) is 3.02. The minimum atomic E-state index is -0.296. The Morgan fingerprint density at radius 2 is 1.74 bits per heavy atom. The SMILES string of the molecule is Cc1ccc(N2CC(NC(=O)Nc3cccc4ccccc34)CC2=O)cc1. The van der Waals surface area contributed by atoms with E-state index in [1.54, 1.807) is 4.90 Å². The number of fused-ring (bicyclic) bond motifs is 1. The monoisotopic (exact) mass is 359 g/mol. The number of nitrogens with zero attached hydrogens (tertiary/aromatic N) is 1. The number of urea groups is 1. The Morgan fingerprint density at radius 1 is 1.00 bits per heavy atom. The number of hydrogen-bond donors (Lipinski definition) is 2. The Labute approximate surface area is 158 Å². The lowest BCUT2D eigenvalue weighted by atomic mass is 10.1. The molecule has 0 radical (unpaired) electrons. The van der Waals surface area contributed by atoms with Gasteiger partial charge in [-0.15, -0.1) is 0 Å². The van der Waals surface area contributed by atoms with Crippen LogP contribution in [0.15, 0.2) is 66.7 Å². The number of amides is 3. The highest BCUT2D eigenvalue weighted by Gasteiger charge is 2.31. The third-order valence-corrected chi connectivity index (χ3v) is 4.84. The fourth-order valence-electron chi connectivity index (χ4n) is 3.46. The molecule has 5 nitrogen and oxygen atoms in total. The van der Waals surface area contributed by atoms with Crippen LogP contribution in [0.1, 0.15) is 12.0 Å². The Bertz CT molecular complexity index is 993. The highest BCUT2D eigenvalue weighted by molar-refractivity contribution is 6.02. The molecule has 27 heavy (non-hydrogen) atoms. The molecule has 1 atom stereocenters. The average molecular weight is 359 g/mol. The molecule has 0 aliphatic carbocycles. The lowest BCUT2D eigenvalue weighted by Crippen LogP contribution is -2.39. The van der Waals surface area contributed by atoms with Gasteiger partial charge in [-0.05, 0) is 30.5 Å². The molecule has 1 fully saturated rings. The summed E-state index contributed by atoms with van der Waals surface area (Å²) < 4.78 is 0. The zero-order valence-corrected chi connectivity index (χ0v) is 15.1. The van der Waals surface area contributed by atoms with E-state index in [0.29, 0.717) is 13.0 Å². The van der Waals surface area contributed by atoms with Gasteiger partial charge in [-0.3, -0.25) is 4.79 Å². The van der Waals surface area contributed by atoms with E-state index in [-0.39, 0.29) is 18.0 Å². The van der Waals surface area contributed by atoms with Crippen molar-refractivity contribution in [2.45, 2.75) is 19.4 Å². The predicted molar refractivity (Wildman–Crippen MR) is 108 cm³/mol. The lowest BCUT2D eigenvalue weighted by Gasteiger charge is -2.18. The maximum atomic E-state index is 12.5. The molecule has 4 rings (SSSR count). The zero-order valence-electron chi connectivity index (χ0n) is 15.1. The molecule has 5 heteroatoms. The molecule has 1 aliphatic heterocycles. The summed E-state index contributed by atoms with van der Waals surface area (Å²) in [6, 6.07) is 21.0. The Balaban J connectivity index is 1.43. The number of benzene rings is 3. The van der Waals surface area contributed by atoms with Crippen molar-refractivity contribution in [1.82, 2.24) is 5.32 Å². The third kappa shape index (κ3) is 3.62. The molecule has 136 valence electrons. The van der Waals surface area contributed by atoms with Crippen molar-refractivity contribution in [3.63, 3.8) is 0 Å². The summed E-state index contributed by atoms with van der Waals surface area (Å²) in [5.74, 6) is 0.0225. The number of hydrogen-bond acceptors (Lipinski definition) is 2. The van der Waals surface area contributed by atoms with Crippen molar-refractivity contribution in [2.24, 2.45) is 0 Å². The van der Waals surface area contributed by atoms with Crippen LogP contribution in [0, 0.1) is 6.92 Å². The molecule has 3 aromatic carbocycles. The van der Waals surface area contributed by atoms with Gasteiger partial charge in [0.25, 0.3) is 0 Å². The molecule has 3 aromatic rings. The van der Waals surface area contributed by atoms with E-state index >= 15 is 0 Å². The number of anilines is 2. The minimum absolute atomic E-state index is 0.0225. The van der Waals surface area contributed by atoms with Gasteiger partial charge in [0.05, 0.1) is 11.7 Å². The van der Waals surface area contributed by atoms with Crippen LogP contribution in [0.3, 0.4) is 0 Å². The van der Waals surface area contributed by atoms with Crippen LogP contribution >= 0.6 is 0 Å². The molecule has 1 heterocycles. The predicted octanol–water partition coefficient (Wildman–Crippen LogP) is 4.08. The van der Waals surface area contributed by atoms with Gasteiger partial charge in [0.2, 0.25) is 5.91 Å². The Morgan fingerprint density at radius 3 is 2.56 bits per heavy atom. The van der Waals surface area contributed by atoms with Crippen LogP contribution in [0.2, 0.25) is 0 Å². The van der Waals surface area contributed by atoms with Crippen molar-refractivity contribution in [3.05, 3.63) is 72.3 Å². The van der Waals surface area contributed by atoms with Gasteiger partial charge >= 0.3 is 6.03 Å². The molecular weight excluding hydrogens is 338 g/mol. The van der Waals surface area contributed by atoms with Crippen molar-refractivity contribution in [2.75, 3.05) is 16.8 Å². The van der Waals surface area contributed by atoms with E-state index in [4.69, 9.17) is 0 Å². The van der Waals surface area contributed by atoms with Gasteiger partial charge in [0, 0.05) is 24.0 Å². The molecule has 0 aromatic heterocycles. The molecular formula is C22H21N3O2. The van der Waals surface area contributed by atoms with Gasteiger partial charge in [-0.2, -0.15) is 0 Å². The summed E-state index contributed by atoms with van der Waals surface area (Å²) >= 11 is 0. The summed E-state index contributed by atoms with van der Waals surface area (Å²) in [4.78, 5) is 26.5. The lowest BCUT2D eigenvalue weighted by molar-refractivity contribution is -0.117. The smallest absolute Gasteiger partial charge is 0.319 e. The van der Waals surface area contributed by atoms with E-state index in [0.717, 1.165) is 27.7 Å². The van der Waals surface area contributed by atoms with Crippen LogP contribution in [0.5, 0.6) is 0 Å². The number of aryl methyl sites for hydroxylation is 1. The number of carbonyl (C=O) groups is 2. The maximum Gasteiger partial charge on any atom is 0.319 e. The Kier molecular flexibility index (Phi) is 4.50. The van der Waals surface area contributed by atoms with Crippen LogP contribution in [0.4, 0.5) is 16.2 Å². The van der Waals surface area contributed by atoms with E-state index in [1.807, 2.05) is 73.7 Å². The normalized spacial score (nSPS) is 16.6. The molecule has 2 N–H and O–H groups in total. The van der Waals surface area contributed by atoms with Crippen molar-refractivity contribution >= 4 is 34.1 Å². The highest BCUT2D eigenvalue weighted by atomic mass is 16.2. The molecule has 0 spiro atoms.